The molecular weight excluding hydrogens is 476 g/mol. The van der Waals surface area contributed by atoms with Crippen molar-refractivity contribution in [3.05, 3.63) is 69.8 Å². The maximum atomic E-state index is 13.0. The van der Waals surface area contributed by atoms with Crippen molar-refractivity contribution in [3.63, 3.8) is 0 Å². The van der Waals surface area contributed by atoms with Crippen LogP contribution in [0.4, 0.5) is 5.69 Å². The number of hydrogen-bond donors (Lipinski definition) is 1. The maximum Gasteiger partial charge on any atom is 0.215 e. The summed E-state index contributed by atoms with van der Waals surface area (Å²) in [7, 11) is 0.762. The van der Waals surface area contributed by atoms with Crippen LogP contribution in [0, 0.1) is 5.92 Å². The van der Waals surface area contributed by atoms with Crippen molar-refractivity contribution in [2.45, 2.75) is 85.0 Å². The van der Waals surface area contributed by atoms with Crippen molar-refractivity contribution in [2.75, 3.05) is 31.3 Å². The highest BCUT2D eigenvalue weighted by Crippen LogP contribution is 2.47. The minimum atomic E-state index is -3.39. The van der Waals surface area contributed by atoms with Crippen LogP contribution in [0.25, 0.3) is 6.08 Å². The van der Waals surface area contributed by atoms with E-state index in [2.05, 4.69) is 101 Å². The maximum absolute atomic E-state index is 13.0. The Morgan fingerprint density at radius 3 is 2.46 bits per heavy atom. The normalized spacial score (nSPS) is 17.1. The Labute approximate surface area is 226 Å². The van der Waals surface area contributed by atoms with Crippen LogP contribution in [0.2, 0.25) is 0 Å². The molecule has 3 rings (SSSR count). The monoisotopic (exact) mass is 524 g/mol. The van der Waals surface area contributed by atoms with Gasteiger partial charge in [-0.05, 0) is 70.4 Å². The summed E-state index contributed by atoms with van der Waals surface area (Å²) in [4.78, 5) is 2.15. The summed E-state index contributed by atoms with van der Waals surface area (Å²) in [5.41, 5.74) is 8.23. The highest BCUT2D eigenvalue weighted by Gasteiger charge is 2.34. The van der Waals surface area contributed by atoms with E-state index < -0.39 is 10.0 Å². The number of anilines is 1. The molecule has 4 nitrogen and oxygen atoms in total. The average Bonchev–Trinajstić information content (AvgIpc) is 2.82. The van der Waals surface area contributed by atoms with Gasteiger partial charge in [-0.1, -0.05) is 91.0 Å². The third-order valence-electron chi connectivity index (χ3n) is 7.52. The second-order valence-corrected chi connectivity index (χ2v) is 13.5. The molecule has 37 heavy (non-hydrogen) atoms. The van der Waals surface area contributed by atoms with E-state index in [1.807, 2.05) is 0 Å². The van der Waals surface area contributed by atoms with Gasteiger partial charge in [0.15, 0.2) is 0 Å². The number of rotatable bonds is 13. The van der Waals surface area contributed by atoms with Crippen LogP contribution < -0.4 is 9.62 Å². The molecule has 0 unspecified atom stereocenters. The molecule has 0 amide bonds. The zero-order chi connectivity index (χ0) is 27.2. The molecule has 0 saturated carbocycles. The second-order valence-electron chi connectivity index (χ2n) is 11.7. The van der Waals surface area contributed by atoms with E-state index in [4.69, 9.17) is 0 Å². The number of allylic oxidation sites excluding steroid dienone is 6. The molecule has 0 spiro atoms. The molecule has 0 atom stereocenters. The minimum absolute atomic E-state index is 0.0372. The number of nitrogens with zero attached hydrogens (tertiary/aromatic N) is 1. The summed E-state index contributed by atoms with van der Waals surface area (Å²) in [5.74, 6) is 0.312. The second kappa shape index (κ2) is 12.6. The third-order valence-corrected chi connectivity index (χ3v) is 8.86. The molecule has 0 fully saturated rings. The van der Waals surface area contributed by atoms with Gasteiger partial charge in [0.25, 0.3) is 0 Å². The van der Waals surface area contributed by atoms with Crippen LogP contribution in [0.5, 0.6) is 0 Å². The number of fused-ring (bicyclic) bond motifs is 2. The van der Waals surface area contributed by atoms with Gasteiger partial charge in [-0.2, -0.15) is 0 Å². The lowest BCUT2D eigenvalue weighted by Crippen LogP contribution is -2.29. The Balaban J connectivity index is 1.80. The van der Waals surface area contributed by atoms with Crippen molar-refractivity contribution in [3.8, 4) is 0 Å². The summed E-state index contributed by atoms with van der Waals surface area (Å²) in [5, 5.41) is 0. The Hall–Kier alpha value is -2.11. The molecule has 0 heterocycles. The SMILES string of the molecule is CCCCCCCCNS(=O)(=O)C/C(=C/C(C)C)C1=CC2=Cc3ccc(N(C)C)cc3C(C)(C)C2=CC1. The number of sulfonamides is 1. The predicted molar refractivity (Wildman–Crippen MR) is 161 cm³/mol. The topological polar surface area (TPSA) is 49.4 Å². The summed E-state index contributed by atoms with van der Waals surface area (Å²) in [6, 6.07) is 6.68. The van der Waals surface area contributed by atoms with Crippen molar-refractivity contribution in [2.24, 2.45) is 5.92 Å². The van der Waals surface area contributed by atoms with Gasteiger partial charge in [0.2, 0.25) is 10.0 Å². The van der Waals surface area contributed by atoms with Crippen LogP contribution in [-0.2, 0) is 15.4 Å². The van der Waals surface area contributed by atoms with Crippen LogP contribution in [0.3, 0.4) is 0 Å². The molecular formula is C32H48N2O2S. The molecule has 0 saturated heterocycles. The van der Waals surface area contributed by atoms with Crippen LogP contribution >= 0.6 is 0 Å². The highest BCUT2D eigenvalue weighted by molar-refractivity contribution is 7.89. The summed E-state index contributed by atoms with van der Waals surface area (Å²) in [6.07, 6.45) is 16.6. The predicted octanol–water partition coefficient (Wildman–Crippen LogP) is 7.55. The fraction of sp³-hybridized carbons (Fsp3) is 0.562. The van der Waals surface area contributed by atoms with Gasteiger partial charge in [0.05, 0.1) is 5.75 Å². The lowest BCUT2D eigenvalue weighted by Gasteiger charge is -2.38. The van der Waals surface area contributed by atoms with Crippen molar-refractivity contribution in [1.29, 1.82) is 0 Å². The molecule has 0 radical (unpaired) electrons. The lowest BCUT2D eigenvalue weighted by atomic mass is 9.67. The lowest BCUT2D eigenvalue weighted by molar-refractivity contribution is 0.569. The van der Waals surface area contributed by atoms with Gasteiger partial charge in [-0.25, -0.2) is 13.1 Å². The largest absolute Gasteiger partial charge is 0.378 e. The van der Waals surface area contributed by atoms with E-state index in [1.165, 1.54) is 53.6 Å². The molecule has 1 aromatic rings. The molecule has 0 bridgehead atoms. The van der Waals surface area contributed by atoms with Gasteiger partial charge < -0.3 is 4.90 Å². The quantitative estimate of drug-likeness (QED) is 0.271. The Kier molecular flexibility index (Phi) is 10.0. The van der Waals surface area contributed by atoms with Crippen LogP contribution in [0.15, 0.2) is 58.7 Å². The van der Waals surface area contributed by atoms with E-state index in [-0.39, 0.29) is 17.1 Å². The Bertz CT molecular complexity index is 1180. The Morgan fingerprint density at radius 2 is 1.78 bits per heavy atom. The van der Waals surface area contributed by atoms with E-state index in [0.29, 0.717) is 6.54 Å². The van der Waals surface area contributed by atoms with E-state index in [1.54, 1.807) is 0 Å². The number of benzene rings is 1. The molecule has 1 aromatic carbocycles. The molecule has 204 valence electrons. The summed E-state index contributed by atoms with van der Waals surface area (Å²) in [6.45, 7) is 11.6. The molecule has 0 aromatic heterocycles. The zero-order valence-electron chi connectivity index (χ0n) is 24.2. The third kappa shape index (κ3) is 7.70. The van der Waals surface area contributed by atoms with Gasteiger partial charge in [0.1, 0.15) is 0 Å². The average molecular weight is 525 g/mol. The molecule has 0 aliphatic heterocycles. The standard InChI is InChI=1S/C32H48N2O2S/c1-8-9-10-11-12-13-18-33-37(35,36)23-28(19-24(2)3)25-15-17-30-27(20-25)21-26-14-16-29(34(6)7)22-31(26)32(30,4)5/h14,16-17,19-22,24,33H,8-13,15,18,23H2,1-7H3/b28-19-. The van der Waals surface area contributed by atoms with Crippen LogP contribution in [-0.4, -0.2) is 34.8 Å². The van der Waals surface area contributed by atoms with E-state index >= 15 is 0 Å². The smallest absolute Gasteiger partial charge is 0.215 e. The summed E-state index contributed by atoms with van der Waals surface area (Å²) < 4.78 is 28.9. The van der Waals surface area contributed by atoms with Crippen LogP contribution in [0.1, 0.15) is 90.7 Å². The van der Waals surface area contributed by atoms with E-state index in [0.717, 1.165) is 30.4 Å². The summed E-state index contributed by atoms with van der Waals surface area (Å²) >= 11 is 0. The van der Waals surface area contributed by atoms with E-state index in [9.17, 15) is 8.42 Å². The first-order valence-electron chi connectivity index (χ1n) is 14.1. The molecule has 5 heteroatoms. The highest BCUT2D eigenvalue weighted by atomic mass is 32.2. The van der Waals surface area contributed by atoms with Crippen molar-refractivity contribution < 1.29 is 8.42 Å². The number of nitrogens with one attached hydrogen (secondary N) is 1. The first-order chi connectivity index (χ1) is 17.4. The van der Waals surface area contributed by atoms with Gasteiger partial charge in [-0.15, -0.1) is 0 Å². The fourth-order valence-corrected chi connectivity index (χ4v) is 6.70. The molecule has 2 aliphatic carbocycles. The first kappa shape index (κ1) is 29.4. The number of hydrogen-bond acceptors (Lipinski definition) is 3. The zero-order valence-corrected chi connectivity index (χ0v) is 25.0. The van der Waals surface area contributed by atoms with Gasteiger partial charge in [-0.3, -0.25) is 0 Å². The Morgan fingerprint density at radius 1 is 1.08 bits per heavy atom. The minimum Gasteiger partial charge on any atom is -0.378 e. The van der Waals surface area contributed by atoms with Gasteiger partial charge >= 0.3 is 0 Å². The first-order valence-corrected chi connectivity index (χ1v) is 15.7. The number of unbranched alkanes of at least 4 members (excludes halogenated alkanes) is 5. The van der Waals surface area contributed by atoms with Gasteiger partial charge in [0, 0.05) is 31.7 Å². The molecule has 1 N–H and O–H groups in total. The van der Waals surface area contributed by atoms with Crippen molar-refractivity contribution >= 4 is 21.8 Å². The fourth-order valence-electron chi connectivity index (χ4n) is 5.45. The van der Waals surface area contributed by atoms with Crippen molar-refractivity contribution in [1.82, 2.24) is 4.72 Å². The molecule has 2 aliphatic rings.